The first-order valence-corrected chi connectivity index (χ1v) is 9.99. The summed E-state index contributed by atoms with van der Waals surface area (Å²) >= 11 is 2.10. The summed E-state index contributed by atoms with van der Waals surface area (Å²) in [5.41, 5.74) is 10.5. The van der Waals surface area contributed by atoms with Crippen molar-refractivity contribution in [2.45, 2.75) is 19.8 Å². The Hall–Kier alpha value is -2.80. The molecular weight excluding hydrogens is 471 g/mol. The van der Waals surface area contributed by atoms with Crippen LogP contribution in [0.2, 0.25) is 0 Å². The predicted molar refractivity (Wildman–Crippen MR) is 114 cm³/mol. The van der Waals surface area contributed by atoms with Gasteiger partial charge in [-0.25, -0.2) is 4.98 Å². The lowest BCUT2D eigenvalue weighted by Gasteiger charge is -2.32. The SMILES string of the molecule is COc1cc(C#N)ccc1C1C(C(N)=O)=C(C)Nc2c(C)cnc(OCI)c21. The monoisotopic (exact) mass is 490 g/mol. The topological polar surface area (TPSA) is 110 Å². The Labute approximate surface area is 176 Å². The molecule has 3 rings (SSSR count). The van der Waals surface area contributed by atoms with Gasteiger partial charge in [0.05, 0.1) is 35.9 Å². The Morgan fingerprint density at radius 2 is 2.18 bits per heavy atom. The molecule has 1 aromatic heterocycles. The molecule has 0 saturated heterocycles. The lowest BCUT2D eigenvalue weighted by molar-refractivity contribution is -0.114. The molecule has 3 N–H and O–H groups in total. The number of carbonyl (C=O) groups excluding carboxylic acids is 1. The number of ether oxygens (including phenoxy) is 2. The van der Waals surface area contributed by atoms with E-state index in [1.165, 1.54) is 7.11 Å². The molecule has 1 atom stereocenters. The summed E-state index contributed by atoms with van der Waals surface area (Å²) in [6.07, 6.45) is 1.73. The highest BCUT2D eigenvalue weighted by molar-refractivity contribution is 14.1. The highest BCUT2D eigenvalue weighted by atomic mass is 127. The van der Waals surface area contributed by atoms with Crippen molar-refractivity contribution >= 4 is 34.2 Å². The number of rotatable bonds is 5. The van der Waals surface area contributed by atoms with Crippen molar-refractivity contribution in [1.29, 1.82) is 5.26 Å². The Morgan fingerprint density at radius 3 is 2.79 bits per heavy atom. The first-order valence-electron chi connectivity index (χ1n) is 8.46. The van der Waals surface area contributed by atoms with Crippen LogP contribution in [0, 0.1) is 18.3 Å². The number of amides is 1. The molecule has 1 unspecified atom stereocenters. The molecule has 144 valence electrons. The minimum absolute atomic E-state index is 0.395. The zero-order valence-electron chi connectivity index (χ0n) is 15.7. The van der Waals surface area contributed by atoms with Gasteiger partial charge in [0.25, 0.3) is 0 Å². The maximum Gasteiger partial charge on any atom is 0.247 e. The fourth-order valence-electron chi connectivity index (χ4n) is 3.48. The zero-order chi connectivity index (χ0) is 20.4. The van der Waals surface area contributed by atoms with Crippen LogP contribution in [0.15, 0.2) is 35.7 Å². The number of fused-ring (bicyclic) bond motifs is 1. The fourth-order valence-corrected chi connectivity index (χ4v) is 3.78. The number of primary amides is 1. The van der Waals surface area contributed by atoms with Gasteiger partial charge in [0.15, 0.2) is 0 Å². The van der Waals surface area contributed by atoms with Crippen molar-refractivity contribution in [3.8, 4) is 17.7 Å². The number of carbonyl (C=O) groups is 1. The average Bonchev–Trinajstić information content (AvgIpc) is 2.68. The summed E-state index contributed by atoms with van der Waals surface area (Å²) < 4.78 is 11.7. The van der Waals surface area contributed by atoms with E-state index in [0.29, 0.717) is 38.6 Å². The highest BCUT2D eigenvalue weighted by Crippen LogP contribution is 2.48. The van der Waals surface area contributed by atoms with Gasteiger partial charge in [0.1, 0.15) is 10.4 Å². The Bertz CT molecular complexity index is 1030. The van der Waals surface area contributed by atoms with Gasteiger partial charge in [0.2, 0.25) is 11.8 Å². The molecule has 0 spiro atoms. The van der Waals surface area contributed by atoms with Crippen LogP contribution in [0.4, 0.5) is 5.69 Å². The van der Waals surface area contributed by atoms with E-state index in [-0.39, 0.29) is 0 Å². The summed E-state index contributed by atoms with van der Waals surface area (Å²) in [5.74, 6) is -0.175. The van der Waals surface area contributed by atoms with Crippen LogP contribution in [0.3, 0.4) is 0 Å². The van der Waals surface area contributed by atoms with Gasteiger partial charge in [-0.3, -0.25) is 4.79 Å². The van der Waals surface area contributed by atoms with Crippen molar-refractivity contribution < 1.29 is 14.3 Å². The minimum Gasteiger partial charge on any atom is -0.496 e. The van der Waals surface area contributed by atoms with Crippen LogP contribution in [0.25, 0.3) is 0 Å². The number of nitriles is 1. The first kappa shape index (κ1) is 19.9. The Kier molecular flexibility index (Phi) is 5.74. The normalized spacial score (nSPS) is 15.3. The van der Waals surface area contributed by atoms with E-state index in [9.17, 15) is 10.1 Å². The second kappa shape index (κ2) is 8.06. The van der Waals surface area contributed by atoms with Crippen LogP contribution in [0.1, 0.15) is 35.1 Å². The summed E-state index contributed by atoms with van der Waals surface area (Å²) in [7, 11) is 1.53. The molecule has 0 aliphatic carbocycles. The number of nitrogens with two attached hydrogens (primary N) is 1. The quantitative estimate of drug-likeness (QED) is 0.492. The zero-order valence-corrected chi connectivity index (χ0v) is 17.8. The Morgan fingerprint density at radius 1 is 1.43 bits per heavy atom. The Balaban J connectivity index is 2.37. The van der Waals surface area contributed by atoms with E-state index in [1.807, 2.05) is 13.8 Å². The molecule has 8 heteroatoms. The predicted octanol–water partition coefficient (Wildman–Crippen LogP) is 3.36. The molecule has 0 bridgehead atoms. The molecule has 1 aliphatic heterocycles. The third-order valence-corrected chi connectivity index (χ3v) is 5.01. The molecular formula is C20H19IN4O3. The van der Waals surface area contributed by atoms with Gasteiger partial charge >= 0.3 is 0 Å². The lowest BCUT2D eigenvalue weighted by atomic mass is 9.79. The summed E-state index contributed by atoms with van der Waals surface area (Å²) in [6, 6.07) is 7.22. The van der Waals surface area contributed by atoms with Crippen molar-refractivity contribution in [3.05, 3.63) is 57.9 Å². The molecule has 1 amide bonds. The number of nitrogens with one attached hydrogen (secondary N) is 1. The number of aromatic nitrogens is 1. The smallest absolute Gasteiger partial charge is 0.247 e. The van der Waals surface area contributed by atoms with E-state index in [1.54, 1.807) is 24.4 Å². The number of allylic oxidation sites excluding steroid dienone is 1. The second-order valence-corrected chi connectivity index (χ2v) is 6.94. The van der Waals surface area contributed by atoms with Crippen molar-refractivity contribution in [1.82, 2.24) is 4.98 Å². The standard InChI is InChI=1S/C20H19IN4O3/c1-10-8-24-20(28-9-21)17-16(15(19(23)26)11(2)25-18(10)17)13-5-4-12(7-22)6-14(13)27-3/h4-6,8,16,25H,9H2,1-3H3,(H2,23,26). The molecule has 0 saturated carbocycles. The van der Waals surface area contributed by atoms with E-state index in [4.69, 9.17) is 15.2 Å². The number of hydrogen-bond acceptors (Lipinski definition) is 6. The van der Waals surface area contributed by atoms with Crippen LogP contribution in [-0.4, -0.2) is 22.6 Å². The maximum atomic E-state index is 12.4. The molecule has 1 aliphatic rings. The van der Waals surface area contributed by atoms with Crippen molar-refractivity contribution in [2.24, 2.45) is 5.73 Å². The molecule has 0 radical (unpaired) electrons. The van der Waals surface area contributed by atoms with Crippen molar-refractivity contribution in [3.63, 3.8) is 0 Å². The molecule has 2 heterocycles. The first-order chi connectivity index (χ1) is 13.4. The highest BCUT2D eigenvalue weighted by Gasteiger charge is 2.36. The van der Waals surface area contributed by atoms with Crippen LogP contribution >= 0.6 is 22.6 Å². The van der Waals surface area contributed by atoms with Crippen LogP contribution in [-0.2, 0) is 4.79 Å². The summed E-state index contributed by atoms with van der Waals surface area (Å²) in [6.45, 7) is 3.74. The average molecular weight is 490 g/mol. The maximum absolute atomic E-state index is 12.4. The van der Waals surface area contributed by atoms with E-state index >= 15 is 0 Å². The fraction of sp³-hybridized carbons (Fsp3) is 0.250. The third-order valence-electron chi connectivity index (χ3n) is 4.69. The van der Waals surface area contributed by atoms with Crippen LogP contribution < -0.4 is 20.5 Å². The van der Waals surface area contributed by atoms with Gasteiger partial charge in [-0.05, 0) is 54.1 Å². The van der Waals surface area contributed by atoms with E-state index < -0.39 is 11.8 Å². The summed E-state index contributed by atoms with van der Waals surface area (Å²) in [4.78, 5) is 16.8. The number of aryl methyl sites for hydroxylation is 1. The molecule has 2 aromatic rings. The van der Waals surface area contributed by atoms with Crippen molar-refractivity contribution in [2.75, 3.05) is 17.0 Å². The second-order valence-electron chi connectivity index (χ2n) is 6.32. The largest absolute Gasteiger partial charge is 0.496 e. The van der Waals surface area contributed by atoms with Gasteiger partial charge in [-0.1, -0.05) is 6.07 Å². The number of alkyl halides is 1. The number of hydrogen-bond donors (Lipinski definition) is 2. The van der Waals surface area contributed by atoms with Gasteiger partial charge in [-0.15, -0.1) is 0 Å². The number of pyridine rings is 1. The van der Waals surface area contributed by atoms with Gasteiger partial charge in [0, 0.05) is 23.0 Å². The number of methoxy groups -OCH3 is 1. The lowest BCUT2D eigenvalue weighted by Crippen LogP contribution is -2.28. The molecule has 0 fully saturated rings. The molecule has 1 aromatic carbocycles. The van der Waals surface area contributed by atoms with Crippen LogP contribution in [0.5, 0.6) is 11.6 Å². The molecule has 7 nitrogen and oxygen atoms in total. The number of halogens is 1. The number of benzene rings is 1. The minimum atomic E-state index is -0.547. The third kappa shape index (κ3) is 3.38. The van der Waals surface area contributed by atoms with E-state index in [0.717, 1.165) is 16.8 Å². The van der Waals surface area contributed by atoms with Gasteiger partial charge < -0.3 is 20.5 Å². The summed E-state index contributed by atoms with van der Waals surface area (Å²) in [5, 5.41) is 12.5. The number of nitrogens with zero attached hydrogens (tertiary/aromatic N) is 2. The molecule has 28 heavy (non-hydrogen) atoms. The van der Waals surface area contributed by atoms with Gasteiger partial charge in [-0.2, -0.15) is 5.26 Å². The van der Waals surface area contributed by atoms with E-state index in [2.05, 4.69) is 39.0 Å². The number of anilines is 1.